The molecular formula is C22H38O4. The lowest BCUT2D eigenvalue weighted by Gasteiger charge is -2.22. The standard InChI is InChI=1S/C22H38O4/c1-3-5-7-9-11-16-25-21(23)19-14-13-15-20(18-19)22(24)26-17-12-10-8-6-4-2/h13-14,19-20H,3-12,15-18H2,1-2H3. The molecule has 1 aliphatic rings. The van der Waals surface area contributed by atoms with Gasteiger partial charge in [0.1, 0.15) is 0 Å². The molecule has 0 spiro atoms. The first-order chi connectivity index (χ1) is 12.7. The minimum absolute atomic E-state index is 0.165. The van der Waals surface area contributed by atoms with Crippen LogP contribution in [0.5, 0.6) is 0 Å². The van der Waals surface area contributed by atoms with Gasteiger partial charge in [0.05, 0.1) is 25.0 Å². The molecule has 0 heterocycles. The lowest BCUT2D eigenvalue weighted by atomic mass is 9.86. The zero-order chi connectivity index (χ0) is 19.0. The third-order valence-electron chi connectivity index (χ3n) is 4.95. The van der Waals surface area contributed by atoms with Gasteiger partial charge in [0.15, 0.2) is 0 Å². The monoisotopic (exact) mass is 366 g/mol. The molecule has 0 fully saturated rings. The number of carbonyl (C=O) groups excluding carboxylic acids is 2. The molecule has 0 N–H and O–H groups in total. The van der Waals surface area contributed by atoms with Crippen molar-refractivity contribution in [3.63, 3.8) is 0 Å². The fourth-order valence-electron chi connectivity index (χ4n) is 3.24. The fourth-order valence-corrected chi connectivity index (χ4v) is 3.24. The van der Waals surface area contributed by atoms with E-state index in [1.807, 2.05) is 12.2 Å². The van der Waals surface area contributed by atoms with Gasteiger partial charge in [0.2, 0.25) is 0 Å². The summed E-state index contributed by atoms with van der Waals surface area (Å²) in [5.41, 5.74) is 0. The van der Waals surface area contributed by atoms with Gasteiger partial charge in [-0.2, -0.15) is 0 Å². The minimum atomic E-state index is -0.304. The van der Waals surface area contributed by atoms with Crippen LogP contribution < -0.4 is 0 Å². The van der Waals surface area contributed by atoms with Crippen molar-refractivity contribution in [3.8, 4) is 0 Å². The van der Waals surface area contributed by atoms with Crippen molar-refractivity contribution in [2.24, 2.45) is 11.8 Å². The molecule has 4 nitrogen and oxygen atoms in total. The Morgan fingerprint density at radius 2 is 1.35 bits per heavy atom. The number of carbonyl (C=O) groups is 2. The Kier molecular flexibility index (Phi) is 12.9. The van der Waals surface area contributed by atoms with E-state index in [4.69, 9.17) is 9.47 Å². The first-order valence-corrected chi connectivity index (χ1v) is 10.7. The average Bonchev–Trinajstić information content (AvgIpc) is 2.67. The van der Waals surface area contributed by atoms with Gasteiger partial charge in [0.25, 0.3) is 0 Å². The van der Waals surface area contributed by atoms with Gasteiger partial charge < -0.3 is 9.47 Å². The van der Waals surface area contributed by atoms with Crippen LogP contribution in [0.15, 0.2) is 12.2 Å². The van der Waals surface area contributed by atoms with E-state index in [1.165, 1.54) is 38.5 Å². The van der Waals surface area contributed by atoms with Crippen LogP contribution in [0.3, 0.4) is 0 Å². The second-order valence-electron chi connectivity index (χ2n) is 7.37. The maximum Gasteiger partial charge on any atom is 0.312 e. The largest absolute Gasteiger partial charge is 0.465 e. The number of unbranched alkanes of at least 4 members (excludes halogenated alkanes) is 8. The molecule has 0 saturated carbocycles. The third-order valence-corrected chi connectivity index (χ3v) is 4.95. The van der Waals surface area contributed by atoms with E-state index >= 15 is 0 Å². The zero-order valence-corrected chi connectivity index (χ0v) is 16.8. The van der Waals surface area contributed by atoms with Gasteiger partial charge >= 0.3 is 11.9 Å². The molecule has 0 aromatic carbocycles. The van der Waals surface area contributed by atoms with E-state index in [-0.39, 0.29) is 23.8 Å². The summed E-state index contributed by atoms with van der Waals surface area (Å²) in [4.78, 5) is 24.4. The van der Waals surface area contributed by atoms with Crippen LogP contribution in [0.1, 0.15) is 90.9 Å². The Morgan fingerprint density at radius 3 is 1.92 bits per heavy atom. The van der Waals surface area contributed by atoms with Gasteiger partial charge in [-0.1, -0.05) is 77.4 Å². The Balaban J connectivity index is 2.19. The van der Waals surface area contributed by atoms with E-state index in [9.17, 15) is 9.59 Å². The van der Waals surface area contributed by atoms with E-state index in [1.54, 1.807) is 0 Å². The average molecular weight is 367 g/mol. The summed E-state index contributed by atoms with van der Waals surface area (Å²) in [6.07, 6.45) is 16.3. The van der Waals surface area contributed by atoms with Gasteiger partial charge in [-0.15, -0.1) is 0 Å². The Hall–Kier alpha value is -1.32. The molecule has 26 heavy (non-hydrogen) atoms. The molecule has 0 aromatic rings. The summed E-state index contributed by atoms with van der Waals surface area (Å²) in [7, 11) is 0. The van der Waals surface area contributed by atoms with Gasteiger partial charge in [0, 0.05) is 0 Å². The maximum absolute atomic E-state index is 12.2. The molecule has 150 valence electrons. The number of ether oxygens (including phenoxy) is 2. The van der Waals surface area contributed by atoms with E-state index in [2.05, 4.69) is 13.8 Å². The second kappa shape index (κ2) is 14.8. The molecule has 0 bridgehead atoms. The van der Waals surface area contributed by atoms with Crippen molar-refractivity contribution >= 4 is 11.9 Å². The molecule has 1 rings (SSSR count). The predicted molar refractivity (Wildman–Crippen MR) is 105 cm³/mol. The van der Waals surface area contributed by atoms with Crippen LogP contribution >= 0.6 is 0 Å². The molecule has 2 unspecified atom stereocenters. The highest BCUT2D eigenvalue weighted by Crippen LogP contribution is 2.26. The Morgan fingerprint density at radius 1 is 0.808 bits per heavy atom. The normalized spacial score (nSPS) is 19.3. The Labute approximate surface area is 159 Å². The molecule has 0 amide bonds. The van der Waals surface area contributed by atoms with E-state index in [0.29, 0.717) is 26.1 Å². The molecule has 0 radical (unpaired) electrons. The van der Waals surface area contributed by atoms with Crippen LogP contribution in [-0.2, 0) is 19.1 Å². The molecule has 4 heteroatoms. The number of allylic oxidation sites excluding steroid dienone is 1. The first-order valence-electron chi connectivity index (χ1n) is 10.7. The summed E-state index contributed by atoms with van der Waals surface area (Å²) in [5.74, 6) is -0.879. The van der Waals surface area contributed by atoms with Crippen LogP contribution in [0.4, 0.5) is 0 Å². The predicted octanol–water partition coefficient (Wildman–Crippen LogP) is 5.60. The van der Waals surface area contributed by atoms with Crippen molar-refractivity contribution in [2.75, 3.05) is 13.2 Å². The topological polar surface area (TPSA) is 52.6 Å². The molecule has 2 atom stereocenters. The van der Waals surface area contributed by atoms with Crippen LogP contribution in [0.2, 0.25) is 0 Å². The fraction of sp³-hybridized carbons (Fsp3) is 0.818. The van der Waals surface area contributed by atoms with E-state index < -0.39 is 0 Å². The highest BCUT2D eigenvalue weighted by Gasteiger charge is 2.29. The van der Waals surface area contributed by atoms with Crippen LogP contribution in [0.25, 0.3) is 0 Å². The second-order valence-corrected chi connectivity index (χ2v) is 7.37. The smallest absolute Gasteiger partial charge is 0.312 e. The third kappa shape index (κ3) is 9.98. The number of hydrogen-bond donors (Lipinski definition) is 0. The van der Waals surface area contributed by atoms with Gasteiger partial charge in [-0.25, -0.2) is 0 Å². The molecule has 1 aliphatic carbocycles. The van der Waals surface area contributed by atoms with Crippen molar-refractivity contribution in [1.29, 1.82) is 0 Å². The molecular weight excluding hydrogens is 328 g/mol. The van der Waals surface area contributed by atoms with E-state index in [0.717, 1.165) is 25.7 Å². The molecule has 0 aliphatic heterocycles. The number of rotatable bonds is 14. The van der Waals surface area contributed by atoms with Crippen molar-refractivity contribution in [3.05, 3.63) is 12.2 Å². The lowest BCUT2D eigenvalue weighted by Crippen LogP contribution is -2.27. The zero-order valence-electron chi connectivity index (χ0n) is 16.8. The summed E-state index contributed by atoms with van der Waals surface area (Å²) in [6.45, 7) is 5.35. The first kappa shape index (κ1) is 22.7. The van der Waals surface area contributed by atoms with Crippen molar-refractivity contribution in [2.45, 2.75) is 90.9 Å². The van der Waals surface area contributed by atoms with Gasteiger partial charge in [-0.05, 0) is 25.7 Å². The van der Waals surface area contributed by atoms with Crippen LogP contribution in [-0.4, -0.2) is 25.2 Å². The van der Waals surface area contributed by atoms with Crippen molar-refractivity contribution < 1.29 is 19.1 Å². The summed E-state index contributed by atoms with van der Waals surface area (Å²) in [6, 6.07) is 0. The quantitative estimate of drug-likeness (QED) is 0.228. The minimum Gasteiger partial charge on any atom is -0.465 e. The van der Waals surface area contributed by atoms with Crippen molar-refractivity contribution in [1.82, 2.24) is 0 Å². The van der Waals surface area contributed by atoms with Crippen LogP contribution in [0, 0.1) is 11.8 Å². The number of esters is 2. The lowest BCUT2D eigenvalue weighted by molar-refractivity contribution is -0.152. The Bertz CT molecular complexity index is 416. The highest BCUT2D eigenvalue weighted by atomic mass is 16.5. The summed E-state index contributed by atoms with van der Waals surface area (Å²) >= 11 is 0. The number of hydrogen-bond acceptors (Lipinski definition) is 4. The molecule has 0 aromatic heterocycles. The van der Waals surface area contributed by atoms with Gasteiger partial charge in [-0.3, -0.25) is 9.59 Å². The SMILES string of the molecule is CCCCCCCOC(=O)C1C=CCC(C(=O)OCCCCCCC)C1. The summed E-state index contributed by atoms with van der Waals surface area (Å²) in [5, 5.41) is 0. The highest BCUT2D eigenvalue weighted by molar-refractivity contribution is 5.78. The molecule has 0 saturated heterocycles. The summed E-state index contributed by atoms with van der Waals surface area (Å²) < 4.78 is 10.8. The maximum atomic E-state index is 12.2.